The molecule has 6 heteroatoms. The first-order valence-corrected chi connectivity index (χ1v) is 8.08. The van der Waals surface area contributed by atoms with Gasteiger partial charge in [0.25, 0.3) is 5.91 Å². The number of hydrogen-bond donors (Lipinski definition) is 0. The number of aromatic nitrogens is 4. The molecule has 0 radical (unpaired) electrons. The van der Waals surface area contributed by atoms with Crippen LogP contribution in [0.3, 0.4) is 0 Å². The van der Waals surface area contributed by atoms with Gasteiger partial charge in [0, 0.05) is 44.2 Å². The molecule has 2 aromatic heterocycles. The second kappa shape index (κ2) is 6.84. The van der Waals surface area contributed by atoms with Crippen molar-refractivity contribution in [3.05, 3.63) is 65.2 Å². The van der Waals surface area contributed by atoms with E-state index < -0.39 is 0 Å². The van der Waals surface area contributed by atoms with E-state index in [0.29, 0.717) is 17.9 Å². The van der Waals surface area contributed by atoms with Crippen LogP contribution in [0.15, 0.2) is 42.7 Å². The predicted octanol–water partition coefficient (Wildman–Crippen LogP) is 2.77. The summed E-state index contributed by atoms with van der Waals surface area (Å²) in [4.78, 5) is 23.0. The minimum absolute atomic E-state index is 0.0364. The molecule has 3 aromatic rings. The molecule has 0 aliphatic rings. The number of carbonyl (C=O) groups is 1. The summed E-state index contributed by atoms with van der Waals surface area (Å²) in [6.07, 6.45) is 3.56. The maximum Gasteiger partial charge on any atom is 0.253 e. The first kappa shape index (κ1) is 16.8. The van der Waals surface area contributed by atoms with Gasteiger partial charge in [0.15, 0.2) is 5.82 Å². The summed E-state index contributed by atoms with van der Waals surface area (Å²) in [6, 6.07) is 9.37. The molecule has 0 saturated heterocycles. The fraction of sp³-hybridized carbons (Fsp3) is 0.263. The number of benzene rings is 1. The summed E-state index contributed by atoms with van der Waals surface area (Å²) < 4.78 is 1.72. The normalized spacial score (nSPS) is 10.7. The smallest absolute Gasteiger partial charge is 0.253 e. The van der Waals surface area contributed by atoms with Crippen molar-refractivity contribution < 1.29 is 4.79 Å². The molecule has 3 rings (SSSR count). The maximum absolute atomic E-state index is 12.8. The molecule has 0 bridgehead atoms. The molecule has 1 aromatic carbocycles. The molecule has 0 saturated carbocycles. The van der Waals surface area contributed by atoms with Crippen LogP contribution in [0.25, 0.3) is 11.4 Å². The van der Waals surface area contributed by atoms with Crippen molar-refractivity contribution in [3.63, 3.8) is 0 Å². The number of nitrogens with zero attached hydrogens (tertiary/aromatic N) is 5. The summed E-state index contributed by atoms with van der Waals surface area (Å²) in [6.45, 7) is 4.44. The minimum atomic E-state index is -0.0364. The van der Waals surface area contributed by atoms with Crippen molar-refractivity contribution in [1.29, 1.82) is 0 Å². The van der Waals surface area contributed by atoms with E-state index in [1.165, 1.54) is 0 Å². The molecule has 0 spiro atoms. The topological polar surface area (TPSA) is 63.9 Å². The molecule has 2 heterocycles. The quantitative estimate of drug-likeness (QED) is 0.735. The van der Waals surface area contributed by atoms with E-state index in [4.69, 9.17) is 0 Å². The van der Waals surface area contributed by atoms with Crippen LogP contribution in [0.2, 0.25) is 0 Å². The average Bonchev–Trinajstić information content (AvgIpc) is 2.95. The number of aryl methyl sites for hydroxylation is 3. The standard InChI is InChI=1S/C19H21N5O/c1-13-11-20-9-8-17(13)12-23(3)19(25)16-7-5-6-15(10-16)18-21-14(2)24(4)22-18/h5-11H,12H2,1-4H3. The van der Waals surface area contributed by atoms with E-state index in [1.54, 1.807) is 22.8 Å². The highest BCUT2D eigenvalue weighted by atomic mass is 16.2. The summed E-state index contributed by atoms with van der Waals surface area (Å²) in [5.41, 5.74) is 3.62. The van der Waals surface area contributed by atoms with Gasteiger partial charge in [-0.05, 0) is 43.2 Å². The Bertz CT molecular complexity index is 896. The Morgan fingerprint density at radius 3 is 2.72 bits per heavy atom. The van der Waals surface area contributed by atoms with E-state index in [1.807, 2.05) is 57.4 Å². The van der Waals surface area contributed by atoms with Gasteiger partial charge in [-0.1, -0.05) is 12.1 Å². The van der Waals surface area contributed by atoms with E-state index >= 15 is 0 Å². The third kappa shape index (κ3) is 3.57. The summed E-state index contributed by atoms with van der Waals surface area (Å²) in [7, 11) is 3.66. The Hall–Kier alpha value is -3.02. The van der Waals surface area contributed by atoms with Gasteiger partial charge in [-0.3, -0.25) is 14.5 Å². The first-order valence-electron chi connectivity index (χ1n) is 8.08. The molecule has 6 nitrogen and oxygen atoms in total. The van der Waals surface area contributed by atoms with Crippen LogP contribution in [0.1, 0.15) is 27.3 Å². The van der Waals surface area contributed by atoms with Crippen molar-refractivity contribution in [2.75, 3.05) is 7.05 Å². The fourth-order valence-corrected chi connectivity index (χ4v) is 2.60. The van der Waals surface area contributed by atoms with Crippen LogP contribution in [-0.2, 0) is 13.6 Å². The lowest BCUT2D eigenvalue weighted by molar-refractivity contribution is 0.0785. The van der Waals surface area contributed by atoms with Crippen molar-refractivity contribution >= 4 is 5.91 Å². The van der Waals surface area contributed by atoms with Gasteiger partial charge in [-0.2, -0.15) is 5.10 Å². The van der Waals surface area contributed by atoms with Gasteiger partial charge in [-0.15, -0.1) is 0 Å². The summed E-state index contributed by atoms with van der Waals surface area (Å²) in [5, 5.41) is 4.38. The molecule has 0 aliphatic carbocycles. The SMILES string of the molecule is Cc1cnccc1CN(C)C(=O)c1cccc(-c2nc(C)n(C)n2)c1. The Labute approximate surface area is 147 Å². The van der Waals surface area contributed by atoms with E-state index in [-0.39, 0.29) is 5.91 Å². The fourth-order valence-electron chi connectivity index (χ4n) is 2.60. The number of rotatable bonds is 4. The van der Waals surface area contributed by atoms with Crippen LogP contribution in [0.5, 0.6) is 0 Å². The van der Waals surface area contributed by atoms with E-state index in [0.717, 1.165) is 22.5 Å². The zero-order chi connectivity index (χ0) is 18.0. The van der Waals surface area contributed by atoms with Crippen LogP contribution >= 0.6 is 0 Å². The molecule has 0 fully saturated rings. The lowest BCUT2D eigenvalue weighted by Gasteiger charge is -2.18. The molecule has 0 atom stereocenters. The Morgan fingerprint density at radius 1 is 1.24 bits per heavy atom. The van der Waals surface area contributed by atoms with Gasteiger partial charge in [0.1, 0.15) is 5.82 Å². The number of amides is 1. The van der Waals surface area contributed by atoms with Crippen molar-refractivity contribution in [2.24, 2.45) is 7.05 Å². The zero-order valence-corrected chi connectivity index (χ0v) is 14.9. The van der Waals surface area contributed by atoms with E-state index in [2.05, 4.69) is 15.1 Å². The zero-order valence-electron chi connectivity index (χ0n) is 14.9. The van der Waals surface area contributed by atoms with Gasteiger partial charge >= 0.3 is 0 Å². The predicted molar refractivity (Wildman–Crippen MR) is 95.9 cm³/mol. The third-order valence-corrected chi connectivity index (χ3v) is 4.24. The molecule has 1 amide bonds. The molecule has 0 N–H and O–H groups in total. The highest BCUT2D eigenvalue weighted by Gasteiger charge is 2.15. The number of carbonyl (C=O) groups excluding carboxylic acids is 1. The monoisotopic (exact) mass is 335 g/mol. The van der Waals surface area contributed by atoms with Crippen LogP contribution in [0.4, 0.5) is 0 Å². The maximum atomic E-state index is 12.8. The van der Waals surface area contributed by atoms with Crippen LogP contribution < -0.4 is 0 Å². The molecular formula is C19H21N5O. The molecule has 25 heavy (non-hydrogen) atoms. The second-order valence-electron chi connectivity index (χ2n) is 6.15. The van der Waals surface area contributed by atoms with Crippen molar-refractivity contribution in [1.82, 2.24) is 24.6 Å². The molecule has 128 valence electrons. The minimum Gasteiger partial charge on any atom is -0.337 e. The first-order chi connectivity index (χ1) is 12.0. The average molecular weight is 335 g/mol. The van der Waals surface area contributed by atoms with Gasteiger partial charge < -0.3 is 4.90 Å². The van der Waals surface area contributed by atoms with Gasteiger partial charge in [0.2, 0.25) is 0 Å². The third-order valence-electron chi connectivity index (χ3n) is 4.24. The Morgan fingerprint density at radius 2 is 2.04 bits per heavy atom. The van der Waals surface area contributed by atoms with Crippen LogP contribution in [0, 0.1) is 13.8 Å². The number of pyridine rings is 1. The summed E-state index contributed by atoms with van der Waals surface area (Å²) >= 11 is 0. The van der Waals surface area contributed by atoms with E-state index in [9.17, 15) is 4.79 Å². The molecule has 0 aliphatic heterocycles. The highest BCUT2D eigenvalue weighted by molar-refractivity contribution is 5.95. The van der Waals surface area contributed by atoms with Crippen molar-refractivity contribution in [3.8, 4) is 11.4 Å². The number of hydrogen-bond acceptors (Lipinski definition) is 4. The largest absolute Gasteiger partial charge is 0.337 e. The lowest BCUT2D eigenvalue weighted by Crippen LogP contribution is -2.26. The lowest BCUT2D eigenvalue weighted by atomic mass is 10.1. The van der Waals surface area contributed by atoms with Gasteiger partial charge in [-0.25, -0.2) is 4.98 Å². The highest BCUT2D eigenvalue weighted by Crippen LogP contribution is 2.19. The van der Waals surface area contributed by atoms with Crippen molar-refractivity contribution in [2.45, 2.75) is 20.4 Å². The Balaban J connectivity index is 1.82. The Kier molecular flexibility index (Phi) is 4.61. The second-order valence-corrected chi connectivity index (χ2v) is 6.15. The molecular weight excluding hydrogens is 314 g/mol. The molecule has 0 unspecified atom stereocenters. The summed E-state index contributed by atoms with van der Waals surface area (Å²) in [5.74, 6) is 1.42. The van der Waals surface area contributed by atoms with Crippen LogP contribution in [-0.4, -0.2) is 37.6 Å². The van der Waals surface area contributed by atoms with Gasteiger partial charge in [0.05, 0.1) is 0 Å².